The van der Waals surface area contributed by atoms with E-state index >= 15 is 0 Å². The highest BCUT2D eigenvalue weighted by atomic mass is 16.2. The standard InChI is InChI=1S/C9H14N2O/c1-4-7-5-6-11(3)9(12)8(7)10-2/h4,10H,1,5-6H2,2-3H3. The van der Waals surface area contributed by atoms with E-state index in [-0.39, 0.29) is 5.91 Å². The molecule has 0 saturated carbocycles. The van der Waals surface area contributed by atoms with E-state index in [2.05, 4.69) is 11.9 Å². The van der Waals surface area contributed by atoms with Crippen LogP contribution >= 0.6 is 0 Å². The number of allylic oxidation sites excluding steroid dienone is 1. The van der Waals surface area contributed by atoms with E-state index in [1.54, 1.807) is 25.1 Å². The molecule has 0 bridgehead atoms. The van der Waals surface area contributed by atoms with Gasteiger partial charge in [0.05, 0.1) is 0 Å². The van der Waals surface area contributed by atoms with Gasteiger partial charge in [-0.2, -0.15) is 0 Å². The van der Waals surface area contributed by atoms with Crippen molar-refractivity contribution in [1.82, 2.24) is 10.2 Å². The molecular formula is C9H14N2O. The first kappa shape index (κ1) is 8.84. The Morgan fingerprint density at radius 1 is 1.67 bits per heavy atom. The zero-order chi connectivity index (χ0) is 9.14. The molecule has 0 radical (unpaired) electrons. The van der Waals surface area contributed by atoms with Crippen LogP contribution < -0.4 is 5.32 Å². The largest absolute Gasteiger partial charge is 0.383 e. The van der Waals surface area contributed by atoms with Crippen molar-refractivity contribution in [3.05, 3.63) is 23.9 Å². The number of carbonyl (C=O) groups is 1. The minimum absolute atomic E-state index is 0.0543. The van der Waals surface area contributed by atoms with Crippen LogP contribution in [0.4, 0.5) is 0 Å². The van der Waals surface area contributed by atoms with E-state index in [0.29, 0.717) is 5.70 Å². The highest BCUT2D eigenvalue weighted by Gasteiger charge is 2.21. The summed E-state index contributed by atoms with van der Waals surface area (Å²) >= 11 is 0. The highest BCUT2D eigenvalue weighted by Crippen LogP contribution is 2.16. The van der Waals surface area contributed by atoms with E-state index < -0.39 is 0 Å². The number of carbonyl (C=O) groups excluding carboxylic acids is 1. The van der Waals surface area contributed by atoms with Gasteiger partial charge in [0, 0.05) is 20.6 Å². The van der Waals surface area contributed by atoms with Crippen molar-refractivity contribution >= 4 is 5.91 Å². The summed E-state index contributed by atoms with van der Waals surface area (Å²) in [5.41, 5.74) is 1.69. The van der Waals surface area contributed by atoms with Crippen LogP contribution in [-0.2, 0) is 4.79 Å². The second kappa shape index (κ2) is 3.43. The van der Waals surface area contributed by atoms with Gasteiger partial charge in [0.15, 0.2) is 0 Å². The second-order valence-corrected chi connectivity index (χ2v) is 2.83. The first-order valence-electron chi connectivity index (χ1n) is 3.99. The second-order valence-electron chi connectivity index (χ2n) is 2.83. The van der Waals surface area contributed by atoms with Crippen molar-refractivity contribution < 1.29 is 4.79 Å². The number of hydrogen-bond donors (Lipinski definition) is 1. The van der Waals surface area contributed by atoms with Crippen molar-refractivity contribution in [2.75, 3.05) is 20.6 Å². The fourth-order valence-corrected chi connectivity index (χ4v) is 1.31. The van der Waals surface area contributed by atoms with Gasteiger partial charge in [-0.25, -0.2) is 0 Å². The average Bonchev–Trinajstić information content (AvgIpc) is 2.09. The first-order chi connectivity index (χ1) is 5.70. The quantitative estimate of drug-likeness (QED) is 0.648. The molecule has 0 saturated heterocycles. The van der Waals surface area contributed by atoms with E-state index in [0.717, 1.165) is 18.5 Å². The lowest BCUT2D eigenvalue weighted by atomic mass is 10.1. The summed E-state index contributed by atoms with van der Waals surface area (Å²) < 4.78 is 0. The first-order valence-corrected chi connectivity index (χ1v) is 3.99. The molecule has 3 nitrogen and oxygen atoms in total. The Hall–Kier alpha value is -1.25. The molecule has 1 rings (SSSR count). The molecule has 0 fully saturated rings. The predicted molar refractivity (Wildman–Crippen MR) is 48.5 cm³/mol. The van der Waals surface area contributed by atoms with Crippen LogP contribution in [0.25, 0.3) is 0 Å². The van der Waals surface area contributed by atoms with Gasteiger partial charge >= 0.3 is 0 Å². The van der Waals surface area contributed by atoms with Crippen LogP contribution in [0.1, 0.15) is 6.42 Å². The number of likely N-dealkylation sites (N-methyl/N-ethyl adjacent to an activating group) is 2. The van der Waals surface area contributed by atoms with Crippen LogP contribution in [0.15, 0.2) is 23.9 Å². The molecule has 0 spiro atoms. The lowest BCUT2D eigenvalue weighted by Gasteiger charge is -2.25. The third-order valence-corrected chi connectivity index (χ3v) is 2.09. The molecule has 0 unspecified atom stereocenters. The predicted octanol–water partition coefficient (Wildman–Crippen LogP) is 0.508. The molecule has 0 aromatic carbocycles. The Balaban J connectivity index is 2.99. The zero-order valence-electron chi connectivity index (χ0n) is 7.55. The van der Waals surface area contributed by atoms with Gasteiger partial charge in [0.25, 0.3) is 5.91 Å². The molecule has 0 aromatic heterocycles. The minimum atomic E-state index is 0.0543. The summed E-state index contributed by atoms with van der Waals surface area (Å²) in [5, 5.41) is 2.90. The Bertz CT molecular complexity index is 243. The summed E-state index contributed by atoms with van der Waals surface area (Å²) in [7, 11) is 3.56. The average molecular weight is 166 g/mol. The number of rotatable bonds is 2. The summed E-state index contributed by atoms with van der Waals surface area (Å²) in [5.74, 6) is 0.0543. The van der Waals surface area contributed by atoms with Gasteiger partial charge in [0.1, 0.15) is 5.70 Å². The van der Waals surface area contributed by atoms with Gasteiger partial charge in [-0.15, -0.1) is 0 Å². The van der Waals surface area contributed by atoms with E-state index in [9.17, 15) is 4.79 Å². The molecule has 1 N–H and O–H groups in total. The van der Waals surface area contributed by atoms with Crippen molar-refractivity contribution in [1.29, 1.82) is 0 Å². The topological polar surface area (TPSA) is 32.3 Å². The molecule has 1 aliphatic heterocycles. The van der Waals surface area contributed by atoms with Crippen LogP contribution in [0, 0.1) is 0 Å². The van der Waals surface area contributed by atoms with Gasteiger partial charge in [-0.1, -0.05) is 12.7 Å². The van der Waals surface area contributed by atoms with Crippen molar-refractivity contribution in [3.63, 3.8) is 0 Å². The zero-order valence-corrected chi connectivity index (χ0v) is 7.55. The van der Waals surface area contributed by atoms with Crippen molar-refractivity contribution in [3.8, 4) is 0 Å². The molecular weight excluding hydrogens is 152 g/mol. The molecule has 3 heteroatoms. The summed E-state index contributed by atoms with van der Waals surface area (Å²) in [6.45, 7) is 4.46. The Labute approximate surface area is 72.7 Å². The lowest BCUT2D eigenvalue weighted by molar-refractivity contribution is -0.126. The highest BCUT2D eigenvalue weighted by molar-refractivity contribution is 5.94. The molecule has 0 atom stereocenters. The van der Waals surface area contributed by atoms with Gasteiger partial charge < -0.3 is 10.2 Å². The van der Waals surface area contributed by atoms with Crippen LogP contribution in [-0.4, -0.2) is 31.4 Å². The van der Waals surface area contributed by atoms with E-state index in [1.807, 2.05) is 0 Å². The number of nitrogens with zero attached hydrogens (tertiary/aromatic N) is 1. The third-order valence-electron chi connectivity index (χ3n) is 2.09. The Kier molecular flexibility index (Phi) is 2.53. The smallest absolute Gasteiger partial charge is 0.269 e. The molecule has 1 aliphatic rings. The summed E-state index contributed by atoms with van der Waals surface area (Å²) in [4.78, 5) is 13.2. The SMILES string of the molecule is C=CC1=C(NC)C(=O)N(C)CC1. The molecule has 1 amide bonds. The van der Waals surface area contributed by atoms with Crippen LogP contribution in [0.3, 0.4) is 0 Å². The fourth-order valence-electron chi connectivity index (χ4n) is 1.31. The number of amides is 1. The number of nitrogens with one attached hydrogen (secondary N) is 1. The summed E-state index contributed by atoms with van der Waals surface area (Å²) in [6.07, 6.45) is 2.64. The van der Waals surface area contributed by atoms with Crippen molar-refractivity contribution in [2.45, 2.75) is 6.42 Å². The van der Waals surface area contributed by atoms with Gasteiger partial charge in [-0.05, 0) is 12.0 Å². The molecule has 66 valence electrons. The number of hydrogen-bond acceptors (Lipinski definition) is 2. The molecule has 0 aromatic rings. The fraction of sp³-hybridized carbons (Fsp3) is 0.444. The molecule has 0 aliphatic carbocycles. The normalized spacial score (nSPS) is 18.2. The minimum Gasteiger partial charge on any atom is -0.383 e. The lowest BCUT2D eigenvalue weighted by Crippen LogP contribution is -2.37. The van der Waals surface area contributed by atoms with Gasteiger partial charge in [0.2, 0.25) is 0 Å². The van der Waals surface area contributed by atoms with Crippen LogP contribution in [0.5, 0.6) is 0 Å². The molecule has 1 heterocycles. The Morgan fingerprint density at radius 3 is 2.83 bits per heavy atom. The maximum atomic E-state index is 11.5. The maximum Gasteiger partial charge on any atom is 0.269 e. The van der Waals surface area contributed by atoms with E-state index in [4.69, 9.17) is 0 Å². The molecule has 12 heavy (non-hydrogen) atoms. The van der Waals surface area contributed by atoms with Gasteiger partial charge in [-0.3, -0.25) is 4.79 Å². The van der Waals surface area contributed by atoms with Crippen LogP contribution in [0.2, 0.25) is 0 Å². The summed E-state index contributed by atoms with van der Waals surface area (Å²) in [6, 6.07) is 0. The Morgan fingerprint density at radius 2 is 2.33 bits per heavy atom. The van der Waals surface area contributed by atoms with E-state index in [1.165, 1.54) is 0 Å². The monoisotopic (exact) mass is 166 g/mol. The third kappa shape index (κ3) is 1.35. The van der Waals surface area contributed by atoms with Crippen molar-refractivity contribution in [2.24, 2.45) is 0 Å². The maximum absolute atomic E-state index is 11.5.